The molecule has 0 N–H and O–H groups in total. The maximum atomic E-state index is 12.2. The molecule has 0 aliphatic heterocycles. The smallest absolute Gasteiger partial charge is 0.747 e. The molecule has 0 aromatic rings. The SMILES string of the molecule is CCCCCCCCOC(=O)CC(C)(C(=O)OCCCCCCCC)S(=O)(=O)[O-].[Na+]. The molecule has 0 aliphatic rings. The number of carbonyl (C=O) groups excluding carboxylic acids is 2. The van der Waals surface area contributed by atoms with Gasteiger partial charge in [-0.2, -0.15) is 0 Å². The fourth-order valence-corrected chi connectivity index (χ4v) is 3.42. The summed E-state index contributed by atoms with van der Waals surface area (Å²) < 4.78 is 42.5. The van der Waals surface area contributed by atoms with E-state index < -0.39 is 33.2 Å². The van der Waals surface area contributed by atoms with Crippen LogP contribution < -0.4 is 29.6 Å². The van der Waals surface area contributed by atoms with Crippen molar-refractivity contribution in [2.45, 2.75) is 109 Å². The van der Waals surface area contributed by atoms with Crippen LogP contribution in [0.1, 0.15) is 104 Å². The van der Waals surface area contributed by atoms with Crippen molar-refractivity contribution in [1.29, 1.82) is 0 Å². The van der Waals surface area contributed by atoms with Crippen LogP contribution in [0.25, 0.3) is 0 Å². The molecule has 0 fully saturated rings. The summed E-state index contributed by atoms with van der Waals surface area (Å²) in [5, 5.41) is 0. The summed E-state index contributed by atoms with van der Waals surface area (Å²) in [5.74, 6) is -2.06. The van der Waals surface area contributed by atoms with Gasteiger partial charge in [-0.05, 0) is 19.8 Å². The van der Waals surface area contributed by atoms with Gasteiger partial charge in [0.25, 0.3) is 0 Å². The van der Waals surface area contributed by atoms with Gasteiger partial charge < -0.3 is 14.0 Å². The number of unbranched alkanes of at least 4 members (excludes halogenated alkanes) is 10. The minimum Gasteiger partial charge on any atom is -0.747 e. The first-order valence-corrected chi connectivity index (χ1v) is 12.4. The van der Waals surface area contributed by atoms with Crippen LogP contribution in [0.15, 0.2) is 0 Å². The van der Waals surface area contributed by atoms with Gasteiger partial charge in [0.2, 0.25) is 0 Å². The average molecular weight is 459 g/mol. The van der Waals surface area contributed by atoms with E-state index in [9.17, 15) is 22.6 Å². The first-order valence-electron chi connectivity index (χ1n) is 11.0. The number of rotatable bonds is 18. The first-order chi connectivity index (χ1) is 13.7. The normalized spacial score (nSPS) is 13.2. The van der Waals surface area contributed by atoms with Gasteiger partial charge in [-0.1, -0.05) is 78.1 Å². The van der Waals surface area contributed by atoms with Crippen molar-refractivity contribution in [2.24, 2.45) is 0 Å². The monoisotopic (exact) mass is 458 g/mol. The third kappa shape index (κ3) is 14.0. The fourth-order valence-electron chi connectivity index (χ4n) is 2.86. The maximum Gasteiger partial charge on any atom is 1.00 e. The summed E-state index contributed by atoms with van der Waals surface area (Å²) >= 11 is 0. The zero-order chi connectivity index (χ0) is 22.2. The summed E-state index contributed by atoms with van der Waals surface area (Å²) in [7, 11) is -5.08. The molecule has 0 saturated carbocycles. The summed E-state index contributed by atoms with van der Waals surface area (Å²) in [5.41, 5.74) is 0. The molecule has 1 atom stereocenters. The van der Waals surface area contributed by atoms with Crippen molar-refractivity contribution in [2.75, 3.05) is 13.2 Å². The fraction of sp³-hybridized carbons (Fsp3) is 0.905. The number of ether oxygens (including phenoxy) is 2. The Hall–Kier alpha value is -0.150. The molecule has 30 heavy (non-hydrogen) atoms. The van der Waals surface area contributed by atoms with E-state index >= 15 is 0 Å². The van der Waals surface area contributed by atoms with Crippen molar-refractivity contribution < 1.29 is 61.6 Å². The van der Waals surface area contributed by atoms with Gasteiger partial charge in [-0.25, -0.2) is 8.42 Å². The van der Waals surface area contributed by atoms with Crippen LogP contribution in [0.4, 0.5) is 0 Å². The van der Waals surface area contributed by atoms with E-state index in [1.54, 1.807) is 0 Å². The van der Waals surface area contributed by atoms with E-state index in [4.69, 9.17) is 9.47 Å². The van der Waals surface area contributed by atoms with Gasteiger partial charge in [0.1, 0.15) is 10.1 Å². The summed E-state index contributed by atoms with van der Waals surface area (Å²) in [6.45, 7) is 5.35. The van der Waals surface area contributed by atoms with Crippen LogP contribution in [0.3, 0.4) is 0 Å². The second-order valence-electron chi connectivity index (χ2n) is 7.75. The Balaban J connectivity index is 0. The molecule has 0 rings (SSSR count). The van der Waals surface area contributed by atoms with Gasteiger partial charge >= 0.3 is 41.5 Å². The molecule has 0 aliphatic carbocycles. The van der Waals surface area contributed by atoms with Crippen LogP contribution in [-0.4, -0.2) is 42.9 Å². The minimum absolute atomic E-state index is 0. The minimum atomic E-state index is -5.08. The third-order valence-corrected chi connectivity index (χ3v) is 6.37. The number of hydrogen-bond acceptors (Lipinski definition) is 7. The molecular weight excluding hydrogens is 419 g/mol. The molecule has 0 aromatic heterocycles. The molecule has 0 aromatic carbocycles. The quantitative estimate of drug-likeness (QED) is 0.132. The molecule has 0 amide bonds. The van der Waals surface area contributed by atoms with Crippen LogP contribution in [0.5, 0.6) is 0 Å². The Kier molecular flexibility index (Phi) is 19.7. The van der Waals surface area contributed by atoms with Crippen LogP contribution in [0, 0.1) is 0 Å². The molecule has 0 spiro atoms. The van der Waals surface area contributed by atoms with Gasteiger partial charge in [0.05, 0.1) is 19.6 Å². The Morgan fingerprint density at radius 3 is 1.60 bits per heavy atom. The number of hydrogen-bond donors (Lipinski definition) is 0. The topological polar surface area (TPSA) is 110 Å². The van der Waals surface area contributed by atoms with Crippen molar-refractivity contribution in [3.8, 4) is 0 Å². The van der Waals surface area contributed by atoms with Crippen LogP contribution in [0.2, 0.25) is 0 Å². The summed E-state index contributed by atoms with van der Waals surface area (Å²) in [6.07, 6.45) is 11.1. The molecule has 0 saturated heterocycles. The molecule has 9 heteroatoms. The molecule has 172 valence electrons. The van der Waals surface area contributed by atoms with E-state index in [1.807, 2.05) is 0 Å². The third-order valence-electron chi connectivity index (χ3n) is 4.96. The Bertz CT molecular complexity index is 566. The maximum absolute atomic E-state index is 12.2. The molecular formula is C21H39NaO7S. The zero-order valence-electron chi connectivity index (χ0n) is 19.4. The standard InChI is InChI=1S/C21H40O7S.Na/c1-4-6-8-10-12-14-16-27-19(22)18-21(3,29(24,25)26)20(23)28-17-15-13-11-9-7-5-2;/h4-18H2,1-3H3,(H,24,25,26);/q;+1/p-1. The van der Waals surface area contributed by atoms with Gasteiger partial charge in [0.15, 0.2) is 4.75 Å². The van der Waals surface area contributed by atoms with Crippen molar-refractivity contribution in [1.82, 2.24) is 0 Å². The second kappa shape index (κ2) is 18.4. The van der Waals surface area contributed by atoms with Gasteiger partial charge in [0, 0.05) is 0 Å². The zero-order valence-corrected chi connectivity index (χ0v) is 22.2. The predicted molar refractivity (Wildman–Crippen MR) is 111 cm³/mol. The Morgan fingerprint density at radius 2 is 1.17 bits per heavy atom. The van der Waals surface area contributed by atoms with E-state index in [0.29, 0.717) is 12.8 Å². The van der Waals surface area contributed by atoms with E-state index in [2.05, 4.69) is 13.8 Å². The van der Waals surface area contributed by atoms with Crippen molar-refractivity contribution in [3.63, 3.8) is 0 Å². The van der Waals surface area contributed by atoms with E-state index in [0.717, 1.165) is 64.7 Å². The molecule has 0 radical (unpaired) electrons. The van der Waals surface area contributed by atoms with Gasteiger partial charge in [-0.15, -0.1) is 0 Å². The van der Waals surface area contributed by atoms with Crippen molar-refractivity contribution >= 4 is 22.1 Å². The van der Waals surface area contributed by atoms with Gasteiger partial charge in [-0.3, -0.25) is 9.59 Å². The van der Waals surface area contributed by atoms with Crippen molar-refractivity contribution in [3.05, 3.63) is 0 Å². The average Bonchev–Trinajstić information content (AvgIpc) is 2.65. The molecule has 1 unspecified atom stereocenters. The van der Waals surface area contributed by atoms with E-state index in [1.165, 1.54) is 6.42 Å². The van der Waals surface area contributed by atoms with E-state index in [-0.39, 0.29) is 42.8 Å². The number of esters is 2. The van der Waals surface area contributed by atoms with Crippen LogP contribution >= 0.6 is 0 Å². The second-order valence-corrected chi connectivity index (χ2v) is 9.56. The Labute approximate surface area is 205 Å². The van der Waals surface area contributed by atoms with Crippen LogP contribution in [-0.2, 0) is 29.2 Å². The largest absolute Gasteiger partial charge is 1.00 e. The summed E-state index contributed by atoms with van der Waals surface area (Å²) in [4.78, 5) is 24.2. The molecule has 7 nitrogen and oxygen atoms in total. The first kappa shape index (κ1) is 32.0. The summed E-state index contributed by atoms with van der Waals surface area (Å²) in [6, 6.07) is 0. The Morgan fingerprint density at radius 1 is 0.767 bits per heavy atom. The molecule has 0 bridgehead atoms. The number of carbonyl (C=O) groups is 2. The predicted octanol–water partition coefficient (Wildman–Crippen LogP) is 1.49. The molecule has 0 heterocycles.